The number of carbonyl (C=O) groups is 2. The third kappa shape index (κ3) is 4.32. The number of esters is 1. The fourth-order valence-corrected chi connectivity index (χ4v) is 2.16. The average molecular weight is 383 g/mol. The highest BCUT2D eigenvalue weighted by Crippen LogP contribution is 2.17. The quantitative estimate of drug-likeness (QED) is 0.803. The van der Waals surface area contributed by atoms with Crippen LogP contribution in [0.3, 0.4) is 0 Å². The van der Waals surface area contributed by atoms with Crippen molar-refractivity contribution in [2.75, 3.05) is 5.32 Å². The molecule has 1 amide bonds. The topological polar surface area (TPSA) is 55.4 Å². The second kappa shape index (κ2) is 7.42. The van der Waals surface area contributed by atoms with Crippen LogP contribution in [0.4, 0.5) is 5.69 Å². The van der Waals surface area contributed by atoms with Crippen molar-refractivity contribution in [3.05, 3.63) is 63.6 Å². The third-order valence-electron chi connectivity index (χ3n) is 2.86. The molecule has 0 spiro atoms. The summed E-state index contributed by atoms with van der Waals surface area (Å²) in [5.41, 5.74) is 0.848. The van der Waals surface area contributed by atoms with Crippen molar-refractivity contribution in [1.82, 2.24) is 0 Å². The monoisotopic (exact) mass is 381 g/mol. The van der Waals surface area contributed by atoms with E-state index in [1.54, 1.807) is 48.5 Å². The number of ether oxygens (including phenoxy) is 1. The molecule has 0 aliphatic heterocycles. The van der Waals surface area contributed by atoms with E-state index in [0.717, 1.165) is 4.47 Å². The molecule has 114 valence electrons. The lowest BCUT2D eigenvalue weighted by Crippen LogP contribution is -2.30. The normalized spacial score (nSPS) is 11.6. The Bertz CT molecular complexity index is 688. The summed E-state index contributed by atoms with van der Waals surface area (Å²) in [6, 6.07) is 13.6. The van der Waals surface area contributed by atoms with Crippen LogP contribution in [-0.4, -0.2) is 18.0 Å². The van der Waals surface area contributed by atoms with E-state index < -0.39 is 18.0 Å². The Hall–Kier alpha value is -1.85. The number of rotatable bonds is 4. The van der Waals surface area contributed by atoms with E-state index in [9.17, 15) is 9.59 Å². The van der Waals surface area contributed by atoms with Gasteiger partial charge in [0.15, 0.2) is 6.10 Å². The van der Waals surface area contributed by atoms with Gasteiger partial charge in [-0.05, 0) is 43.3 Å². The fourth-order valence-electron chi connectivity index (χ4n) is 1.68. The van der Waals surface area contributed by atoms with Crippen molar-refractivity contribution in [2.45, 2.75) is 13.0 Å². The summed E-state index contributed by atoms with van der Waals surface area (Å²) < 4.78 is 6.04. The van der Waals surface area contributed by atoms with Crippen LogP contribution < -0.4 is 5.32 Å². The zero-order valence-electron chi connectivity index (χ0n) is 11.7. The van der Waals surface area contributed by atoms with E-state index in [0.29, 0.717) is 5.69 Å². The second-order valence-corrected chi connectivity index (χ2v) is 5.85. The minimum Gasteiger partial charge on any atom is -0.449 e. The molecule has 4 nitrogen and oxygen atoms in total. The summed E-state index contributed by atoms with van der Waals surface area (Å²) in [4.78, 5) is 24.0. The highest BCUT2D eigenvalue weighted by Gasteiger charge is 2.20. The fraction of sp³-hybridized carbons (Fsp3) is 0.125. The van der Waals surface area contributed by atoms with Crippen molar-refractivity contribution >= 4 is 45.1 Å². The molecule has 0 unspecified atom stereocenters. The second-order valence-electron chi connectivity index (χ2n) is 4.52. The van der Waals surface area contributed by atoms with E-state index >= 15 is 0 Å². The van der Waals surface area contributed by atoms with Gasteiger partial charge in [-0.25, -0.2) is 4.79 Å². The maximum atomic E-state index is 12.0. The standard InChI is InChI=1S/C16H13BrClNO3/c1-10(15(20)19-12-8-6-11(17)7-9-12)22-16(21)13-4-2-3-5-14(13)18/h2-10H,1H3,(H,19,20)/t10-/m1/s1. The molecule has 0 heterocycles. The number of carbonyl (C=O) groups excluding carboxylic acids is 2. The summed E-state index contributed by atoms with van der Waals surface area (Å²) in [5.74, 6) is -1.05. The molecule has 2 rings (SSSR count). The Morgan fingerprint density at radius 1 is 1.14 bits per heavy atom. The van der Waals surface area contributed by atoms with Crippen molar-refractivity contribution < 1.29 is 14.3 Å². The van der Waals surface area contributed by atoms with Crippen molar-refractivity contribution in [1.29, 1.82) is 0 Å². The van der Waals surface area contributed by atoms with Gasteiger partial charge in [0.05, 0.1) is 10.6 Å². The van der Waals surface area contributed by atoms with Crippen LogP contribution >= 0.6 is 27.5 Å². The number of amides is 1. The highest BCUT2D eigenvalue weighted by molar-refractivity contribution is 9.10. The van der Waals surface area contributed by atoms with E-state index in [-0.39, 0.29) is 10.6 Å². The summed E-state index contributed by atoms with van der Waals surface area (Å²) in [6.07, 6.45) is -0.938. The Labute approximate surface area is 141 Å². The van der Waals surface area contributed by atoms with Crippen LogP contribution in [-0.2, 0) is 9.53 Å². The molecule has 6 heteroatoms. The molecule has 2 aromatic carbocycles. The van der Waals surface area contributed by atoms with Crippen molar-refractivity contribution in [3.8, 4) is 0 Å². The number of benzene rings is 2. The summed E-state index contributed by atoms with van der Waals surface area (Å²) in [7, 11) is 0. The molecule has 22 heavy (non-hydrogen) atoms. The zero-order valence-corrected chi connectivity index (χ0v) is 14.0. The maximum Gasteiger partial charge on any atom is 0.340 e. The smallest absolute Gasteiger partial charge is 0.340 e. The first-order valence-corrected chi connectivity index (χ1v) is 7.66. The Kier molecular flexibility index (Phi) is 5.57. The molecule has 0 saturated heterocycles. The van der Waals surface area contributed by atoms with Crippen molar-refractivity contribution in [3.63, 3.8) is 0 Å². The Morgan fingerprint density at radius 2 is 1.77 bits per heavy atom. The van der Waals surface area contributed by atoms with Crippen LogP contribution in [0.1, 0.15) is 17.3 Å². The molecule has 0 radical (unpaired) electrons. The van der Waals surface area contributed by atoms with Gasteiger partial charge in [-0.2, -0.15) is 0 Å². The molecule has 2 aromatic rings. The van der Waals surface area contributed by atoms with Gasteiger partial charge in [-0.3, -0.25) is 4.79 Å². The van der Waals surface area contributed by atoms with Gasteiger partial charge in [0.25, 0.3) is 5.91 Å². The largest absolute Gasteiger partial charge is 0.449 e. The lowest BCUT2D eigenvalue weighted by Gasteiger charge is -2.14. The molecule has 0 aliphatic rings. The molecule has 0 saturated carbocycles. The van der Waals surface area contributed by atoms with E-state index in [1.807, 2.05) is 0 Å². The van der Waals surface area contributed by atoms with E-state index in [2.05, 4.69) is 21.2 Å². The Morgan fingerprint density at radius 3 is 2.41 bits per heavy atom. The van der Waals surface area contributed by atoms with Gasteiger partial charge in [0.1, 0.15) is 0 Å². The number of anilines is 1. The number of halogens is 2. The first-order chi connectivity index (χ1) is 10.5. The summed E-state index contributed by atoms with van der Waals surface area (Å²) in [5, 5.41) is 2.96. The van der Waals surface area contributed by atoms with E-state index in [4.69, 9.17) is 16.3 Å². The molecule has 0 aliphatic carbocycles. The number of nitrogens with one attached hydrogen (secondary N) is 1. The molecule has 1 N–H and O–H groups in total. The number of hydrogen-bond donors (Lipinski definition) is 1. The van der Waals surface area contributed by atoms with Gasteiger partial charge in [-0.15, -0.1) is 0 Å². The van der Waals surface area contributed by atoms with Crippen LogP contribution in [0.2, 0.25) is 5.02 Å². The van der Waals surface area contributed by atoms with Gasteiger partial charge in [-0.1, -0.05) is 39.7 Å². The minimum atomic E-state index is -0.938. The molecule has 0 fully saturated rings. The van der Waals surface area contributed by atoms with Crippen LogP contribution in [0.15, 0.2) is 53.0 Å². The molecule has 0 bridgehead atoms. The third-order valence-corrected chi connectivity index (χ3v) is 3.72. The zero-order chi connectivity index (χ0) is 16.1. The number of hydrogen-bond acceptors (Lipinski definition) is 3. The highest BCUT2D eigenvalue weighted by atomic mass is 79.9. The maximum absolute atomic E-state index is 12.0. The van der Waals surface area contributed by atoms with Crippen LogP contribution in [0, 0.1) is 0 Å². The molecular weight excluding hydrogens is 370 g/mol. The van der Waals surface area contributed by atoms with Gasteiger partial charge in [0.2, 0.25) is 0 Å². The SMILES string of the molecule is C[C@@H](OC(=O)c1ccccc1Cl)C(=O)Nc1ccc(Br)cc1. The average Bonchev–Trinajstić information content (AvgIpc) is 2.49. The first kappa shape index (κ1) is 16.5. The molecular formula is C16H13BrClNO3. The summed E-state index contributed by atoms with van der Waals surface area (Å²) >= 11 is 9.23. The predicted molar refractivity (Wildman–Crippen MR) is 89.1 cm³/mol. The van der Waals surface area contributed by atoms with Crippen LogP contribution in [0.25, 0.3) is 0 Å². The van der Waals surface area contributed by atoms with Gasteiger partial charge >= 0.3 is 5.97 Å². The minimum absolute atomic E-state index is 0.229. The van der Waals surface area contributed by atoms with Gasteiger partial charge in [0, 0.05) is 10.2 Å². The first-order valence-electron chi connectivity index (χ1n) is 6.49. The molecule has 1 atom stereocenters. The van der Waals surface area contributed by atoms with Crippen LogP contribution in [0.5, 0.6) is 0 Å². The lowest BCUT2D eigenvalue weighted by molar-refractivity contribution is -0.123. The Balaban J connectivity index is 1.98. The summed E-state index contributed by atoms with van der Waals surface area (Å²) in [6.45, 7) is 1.50. The lowest BCUT2D eigenvalue weighted by atomic mass is 10.2. The molecule has 0 aromatic heterocycles. The van der Waals surface area contributed by atoms with Crippen molar-refractivity contribution in [2.24, 2.45) is 0 Å². The van der Waals surface area contributed by atoms with Gasteiger partial charge < -0.3 is 10.1 Å². The predicted octanol–water partition coefficient (Wildman–Crippen LogP) is 4.29. The van der Waals surface area contributed by atoms with E-state index in [1.165, 1.54) is 6.92 Å².